The Morgan fingerprint density at radius 2 is 1.54 bits per heavy atom. The van der Waals surface area contributed by atoms with Crippen LogP contribution in [0, 0.1) is 17.8 Å². The third-order valence-corrected chi connectivity index (χ3v) is 10.8. The third-order valence-electron chi connectivity index (χ3n) is 5.80. The summed E-state index contributed by atoms with van der Waals surface area (Å²) in [6, 6.07) is 21.5. The van der Waals surface area contributed by atoms with Crippen molar-refractivity contribution in [2.75, 3.05) is 6.61 Å². The van der Waals surface area contributed by atoms with E-state index < -0.39 is 8.32 Å². The number of hydrogen-bond acceptors (Lipinski definition) is 2. The van der Waals surface area contributed by atoms with E-state index in [1.807, 2.05) is 6.92 Å². The number of carbonyl (C=O) groups is 1. The summed E-state index contributed by atoms with van der Waals surface area (Å²) < 4.78 is 6.94. The second kappa shape index (κ2) is 7.49. The molecule has 2 aromatic carbocycles. The van der Waals surface area contributed by atoms with Crippen LogP contribution in [0.15, 0.2) is 60.7 Å². The Morgan fingerprint density at radius 3 is 1.96 bits per heavy atom. The molecular weight excluding hydrogens is 336 g/mol. The number of benzene rings is 2. The molecule has 0 amide bonds. The van der Waals surface area contributed by atoms with Gasteiger partial charge in [0, 0.05) is 12.5 Å². The normalized spacial score (nSPS) is 21.2. The van der Waals surface area contributed by atoms with Gasteiger partial charge in [0.05, 0.1) is 0 Å². The zero-order valence-corrected chi connectivity index (χ0v) is 17.3. The summed E-state index contributed by atoms with van der Waals surface area (Å²) in [6.07, 6.45) is 2.20. The fourth-order valence-corrected chi connectivity index (χ4v) is 8.82. The summed E-state index contributed by atoms with van der Waals surface area (Å²) in [5.74, 6) is 1.14. The molecule has 1 saturated carbocycles. The number of rotatable bonds is 7. The van der Waals surface area contributed by atoms with Crippen LogP contribution in [0.1, 0.15) is 34.1 Å². The zero-order chi connectivity index (χ0) is 18.8. The quantitative estimate of drug-likeness (QED) is 0.546. The van der Waals surface area contributed by atoms with Gasteiger partial charge >= 0.3 is 0 Å². The van der Waals surface area contributed by atoms with E-state index in [0.29, 0.717) is 11.8 Å². The first-order valence-electron chi connectivity index (χ1n) is 9.60. The molecule has 2 nitrogen and oxygen atoms in total. The average Bonchev–Trinajstić information content (AvgIpc) is 3.42. The van der Waals surface area contributed by atoms with Gasteiger partial charge in [-0.25, -0.2) is 0 Å². The lowest BCUT2D eigenvalue weighted by Crippen LogP contribution is -2.66. The Bertz CT molecular complexity index is 681. The Balaban J connectivity index is 1.97. The van der Waals surface area contributed by atoms with Gasteiger partial charge < -0.3 is 9.22 Å². The van der Waals surface area contributed by atoms with Crippen molar-refractivity contribution in [3.63, 3.8) is 0 Å². The molecule has 0 bridgehead atoms. The summed E-state index contributed by atoms with van der Waals surface area (Å²) in [4.78, 5) is 11.1. The van der Waals surface area contributed by atoms with Crippen molar-refractivity contribution >= 4 is 25.0 Å². The van der Waals surface area contributed by atoms with Crippen molar-refractivity contribution in [2.24, 2.45) is 17.8 Å². The van der Waals surface area contributed by atoms with Gasteiger partial charge in [-0.05, 0) is 33.7 Å². The summed E-state index contributed by atoms with van der Waals surface area (Å²) in [7, 11) is -2.43. The Kier molecular flexibility index (Phi) is 5.49. The van der Waals surface area contributed by atoms with E-state index in [2.05, 4.69) is 81.4 Å². The van der Waals surface area contributed by atoms with Crippen molar-refractivity contribution in [2.45, 2.75) is 39.2 Å². The molecule has 138 valence electrons. The average molecular weight is 367 g/mol. The van der Waals surface area contributed by atoms with Gasteiger partial charge in [0.25, 0.3) is 8.32 Å². The van der Waals surface area contributed by atoms with Crippen LogP contribution in [0.5, 0.6) is 0 Å². The van der Waals surface area contributed by atoms with Crippen molar-refractivity contribution in [1.82, 2.24) is 0 Å². The van der Waals surface area contributed by atoms with Gasteiger partial charge in [0.2, 0.25) is 0 Å². The maximum atomic E-state index is 11.1. The van der Waals surface area contributed by atoms with E-state index in [0.717, 1.165) is 19.3 Å². The molecular formula is C23H30O2Si. The summed E-state index contributed by atoms with van der Waals surface area (Å²) in [6.45, 7) is 9.68. The van der Waals surface area contributed by atoms with E-state index in [1.54, 1.807) is 0 Å². The van der Waals surface area contributed by atoms with Crippen LogP contribution in [0.2, 0.25) is 5.04 Å². The lowest BCUT2D eigenvalue weighted by Gasteiger charge is -2.43. The lowest BCUT2D eigenvalue weighted by atomic mass is 10.1. The number of carbonyl (C=O) groups excluding carboxylic acids is 1. The lowest BCUT2D eigenvalue weighted by molar-refractivity contribution is -0.111. The van der Waals surface area contributed by atoms with Crippen LogP contribution in [-0.4, -0.2) is 21.2 Å². The predicted octanol–water partition coefficient (Wildman–Crippen LogP) is 4.03. The molecule has 0 spiro atoms. The molecule has 0 saturated heterocycles. The minimum absolute atomic E-state index is 0.0103. The Hall–Kier alpha value is -1.71. The topological polar surface area (TPSA) is 26.3 Å². The van der Waals surface area contributed by atoms with Gasteiger partial charge in [-0.3, -0.25) is 0 Å². The van der Waals surface area contributed by atoms with Crippen molar-refractivity contribution < 1.29 is 9.22 Å². The van der Waals surface area contributed by atoms with E-state index in [1.165, 1.54) is 10.4 Å². The molecule has 0 radical (unpaired) electrons. The monoisotopic (exact) mass is 366 g/mol. The molecule has 0 aromatic heterocycles. The fraction of sp³-hybridized carbons (Fsp3) is 0.435. The molecule has 0 heterocycles. The number of hydrogen-bond donors (Lipinski definition) is 0. The maximum absolute atomic E-state index is 11.1. The van der Waals surface area contributed by atoms with Crippen molar-refractivity contribution in [3.8, 4) is 0 Å². The van der Waals surface area contributed by atoms with Crippen LogP contribution in [0.3, 0.4) is 0 Å². The molecule has 1 fully saturated rings. The summed E-state index contributed by atoms with van der Waals surface area (Å²) >= 11 is 0. The summed E-state index contributed by atoms with van der Waals surface area (Å²) in [5.41, 5.74) is 0. The van der Waals surface area contributed by atoms with Gasteiger partial charge in [0.15, 0.2) is 0 Å². The highest BCUT2D eigenvalue weighted by Crippen LogP contribution is 2.45. The van der Waals surface area contributed by atoms with Crippen LogP contribution in [0.25, 0.3) is 0 Å². The predicted molar refractivity (Wildman–Crippen MR) is 110 cm³/mol. The van der Waals surface area contributed by atoms with Gasteiger partial charge in [-0.2, -0.15) is 0 Å². The first kappa shape index (κ1) is 19.1. The van der Waals surface area contributed by atoms with Crippen LogP contribution in [-0.2, 0) is 9.22 Å². The molecule has 0 unspecified atom stereocenters. The van der Waals surface area contributed by atoms with E-state index >= 15 is 0 Å². The second-order valence-electron chi connectivity index (χ2n) is 8.63. The highest BCUT2D eigenvalue weighted by molar-refractivity contribution is 6.99. The smallest absolute Gasteiger partial charge is 0.261 e. The minimum Gasteiger partial charge on any atom is -0.407 e. The Morgan fingerprint density at radius 1 is 1.04 bits per heavy atom. The molecule has 0 N–H and O–H groups in total. The molecule has 26 heavy (non-hydrogen) atoms. The van der Waals surface area contributed by atoms with Gasteiger partial charge in [-0.15, -0.1) is 0 Å². The molecule has 3 atom stereocenters. The van der Waals surface area contributed by atoms with Gasteiger partial charge in [-0.1, -0.05) is 88.4 Å². The molecule has 3 heteroatoms. The van der Waals surface area contributed by atoms with Gasteiger partial charge in [0.1, 0.15) is 6.29 Å². The largest absolute Gasteiger partial charge is 0.407 e. The van der Waals surface area contributed by atoms with E-state index in [-0.39, 0.29) is 11.0 Å². The highest BCUT2D eigenvalue weighted by Gasteiger charge is 2.52. The fourth-order valence-electron chi connectivity index (χ4n) is 4.20. The third kappa shape index (κ3) is 3.56. The Labute approximate surface area is 158 Å². The van der Waals surface area contributed by atoms with E-state index in [9.17, 15) is 4.79 Å². The van der Waals surface area contributed by atoms with E-state index in [4.69, 9.17) is 4.43 Å². The molecule has 0 aliphatic heterocycles. The first-order chi connectivity index (χ1) is 12.4. The standard InChI is InChI=1S/C23H30O2Si/c1-18(16-24)22-15-19(22)17-25-26(23(2,3)4,20-11-7-5-8-12-20)21-13-9-6-10-14-21/h5-14,16,18-19,22H,15,17H2,1-4H3/t18-,19+,22-/m0/s1. The summed E-state index contributed by atoms with van der Waals surface area (Å²) in [5, 5.41) is 2.65. The van der Waals surface area contributed by atoms with Crippen LogP contribution in [0.4, 0.5) is 0 Å². The van der Waals surface area contributed by atoms with Crippen LogP contribution >= 0.6 is 0 Å². The van der Waals surface area contributed by atoms with Crippen LogP contribution < -0.4 is 10.4 Å². The highest BCUT2D eigenvalue weighted by atomic mass is 28.4. The second-order valence-corrected chi connectivity index (χ2v) is 12.9. The SMILES string of the molecule is C[C@@H](C=O)[C@@H]1C[C@@H]1CO[Si](c1ccccc1)(c1ccccc1)C(C)(C)C. The molecule has 2 aromatic rings. The molecule has 1 aliphatic rings. The molecule has 1 aliphatic carbocycles. The zero-order valence-electron chi connectivity index (χ0n) is 16.3. The minimum atomic E-state index is -2.43. The number of aldehydes is 1. The molecule has 3 rings (SSSR count). The maximum Gasteiger partial charge on any atom is 0.261 e. The van der Waals surface area contributed by atoms with Crippen molar-refractivity contribution in [3.05, 3.63) is 60.7 Å². The van der Waals surface area contributed by atoms with Crippen molar-refractivity contribution in [1.29, 1.82) is 0 Å². The first-order valence-corrected chi connectivity index (χ1v) is 11.5.